The summed E-state index contributed by atoms with van der Waals surface area (Å²) in [5, 5.41) is 52.3. The minimum atomic E-state index is -1.24. The number of aromatic nitrogens is 8. The summed E-state index contributed by atoms with van der Waals surface area (Å²) in [4.78, 5) is 87.9. The van der Waals surface area contributed by atoms with Gasteiger partial charge in [-0.2, -0.15) is 0 Å². The summed E-state index contributed by atoms with van der Waals surface area (Å²) in [6.07, 6.45) is 6.96. The zero-order valence-corrected chi connectivity index (χ0v) is 34.3. The average Bonchev–Trinajstić information content (AvgIpc) is 3.93. The second kappa shape index (κ2) is 21.1. The summed E-state index contributed by atoms with van der Waals surface area (Å²) in [5.41, 5.74) is -1.45. The van der Waals surface area contributed by atoms with Crippen LogP contribution >= 0.6 is 0 Å². The topological polar surface area (TPSA) is 331 Å². The molecule has 336 valence electrons. The Hall–Kier alpha value is -6.15. The number of carboxylic acid groups (broad SMARTS) is 1. The van der Waals surface area contributed by atoms with Crippen LogP contribution in [0.4, 0.5) is 5.82 Å². The summed E-state index contributed by atoms with van der Waals surface area (Å²) in [5.74, 6) is -1.11. The molecule has 1 amide bonds. The first-order valence-electron chi connectivity index (χ1n) is 19.6. The normalized spacial score (nSPS) is 21.4. The maximum atomic E-state index is 12.3. The van der Waals surface area contributed by atoms with Gasteiger partial charge in [-0.05, 0) is 25.0 Å². The number of ether oxygens (including phenoxy) is 2. The van der Waals surface area contributed by atoms with Gasteiger partial charge in [0.05, 0.1) is 70.6 Å². The predicted molar refractivity (Wildman–Crippen MR) is 221 cm³/mol. The predicted octanol–water partition coefficient (Wildman–Crippen LogP) is -2.68. The Kier molecular flexibility index (Phi) is 16.0. The number of carboxylic acids is 1. The zero-order chi connectivity index (χ0) is 45.1. The molecule has 62 heavy (non-hydrogen) atoms. The molecule has 0 spiro atoms. The van der Waals surface area contributed by atoms with Crippen molar-refractivity contribution in [2.75, 3.05) is 59.3 Å². The minimum absolute atomic E-state index is 0.0393. The lowest BCUT2D eigenvalue weighted by Gasteiger charge is -2.23. The zero-order valence-electron chi connectivity index (χ0n) is 34.3. The first-order chi connectivity index (χ1) is 29.5. The highest BCUT2D eigenvalue weighted by atomic mass is 16.5. The first kappa shape index (κ1) is 46.9. The summed E-state index contributed by atoms with van der Waals surface area (Å²) in [6.45, 7) is 1.74. The molecule has 0 bridgehead atoms. The Labute approximate surface area is 352 Å². The summed E-state index contributed by atoms with van der Waals surface area (Å²) < 4.78 is 15.9. The lowest BCUT2D eigenvalue weighted by Crippen LogP contribution is -2.35. The van der Waals surface area contributed by atoms with E-state index >= 15 is 0 Å². The Morgan fingerprint density at radius 2 is 1.40 bits per heavy atom. The van der Waals surface area contributed by atoms with Gasteiger partial charge in [0.15, 0.2) is 11.5 Å². The molecule has 6 atom stereocenters. The van der Waals surface area contributed by atoms with E-state index in [1.165, 1.54) is 24.7 Å². The van der Waals surface area contributed by atoms with Crippen molar-refractivity contribution in [2.24, 2.45) is 0 Å². The lowest BCUT2D eigenvalue weighted by molar-refractivity contribution is -0.870. The van der Waals surface area contributed by atoms with Crippen molar-refractivity contribution in [3.05, 3.63) is 90.0 Å². The van der Waals surface area contributed by atoms with Crippen LogP contribution in [-0.4, -0.2) is 159 Å². The van der Waals surface area contributed by atoms with Gasteiger partial charge < -0.3 is 54.7 Å². The van der Waals surface area contributed by atoms with Gasteiger partial charge in [0.2, 0.25) is 5.91 Å². The lowest BCUT2D eigenvalue weighted by atomic mass is 10.2. The third kappa shape index (κ3) is 12.5. The third-order valence-electron chi connectivity index (χ3n) is 9.79. The molecular weight excluding hydrogens is 818 g/mol. The number of carbonyl (C=O) groups excluding carboxylic acids is 1. The van der Waals surface area contributed by atoms with Gasteiger partial charge in [-0.15, -0.1) is 0 Å². The molecule has 6 heterocycles. The number of H-pyrrole nitrogens is 2. The van der Waals surface area contributed by atoms with Crippen molar-refractivity contribution in [1.82, 2.24) is 43.9 Å². The number of rotatable bonds is 17. The number of quaternary nitrogens is 1. The highest BCUT2D eigenvalue weighted by Crippen LogP contribution is 2.28. The Morgan fingerprint density at radius 1 is 0.839 bits per heavy atom. The molecule has 0 radical (unpaired) electrons. The van der Waals surface area contributed by atoms with E-state index in [0.717, 1.165) is 63.5 Å². The van der Waals surface area contributed by atoms with Crippen molar-refractivity contribution < 1.29 is 49.1 Å². The molecule has 2 saturated heterocycles. The first-order valence-corrected chi connectivity index (χ1v) is 19.6. The second-order valence-corrected chi connectivity index (χ2v) is 15.5. The van der Waals surface area contributed by atoms with E-state index < -0.39 is 84.5 Å². The third-order valence-corrected chi connectivity index (χ3v) is 9.79. The Bertz CT molecular complexity index is 2480. The fraction of sp³-hybridized carbons (Fsp3) is 0.500. The highest BCUT2D eigenvalue weighted by molar-refractivity contribution is 5.91. The van der Waals surface area contributed by atoms with Gasteiger partial charge in [-0.1, -0.05) is 0 Å². The Balaban J connectivity index is 0.000000290. The number of hydrogen-bond acceptors (Lipinski definition) is 16. The molecule has 2 fully saturated rings. The molecule has 0 saturated carbocycles. The number of carbonyl (C=O) groups is 2. The Morgan fingerprint density at radius 3 is 1.92 bits per heavy atom. The number of unbranched alkanes of at least 4 members (excludes halogenated alkanes) is 1. The van der Waals surface area contributed by atoms with Gasteiger partial charge >= 0.3 is 17.3 Å². The molecule has 24 heteroatoms. The average molecular weight is 871 g/mol. The summed E-state index contributed by atoms with van der Waals surface area (Å²) in [7, 11) is 6.53. The number of aliphatic carboxylic acids is 1. The van der Waals surface area contributed by atoms with E-state index in [1.54, 1.807) is 6.33 Å². The molecule has 6 rings (SSSR count). The standard InChI is InChI=1S/C26H37N9O6.C12H14N2O7/c1-35(2,3)11-5-4-10-33-16-31-22-23(29-15-30-24(22)33)28-9-8-27-20(38)7-6-17-13-34(26(40)32-25(17)39)21-12-18(37)19(14-36)41-21;15-5-8-7(16)3-9(21-8)14-4-6(1-2-10(17)18)11(19)13-12(14)20/h6-7,13,15-16,18-19,21,36-37H,4-5,8-12,14H2,1-3H3,(H2-,27,28,29,30,32,38,39,40);1-2,4,7-9,15-16H,3,5H2,(H,17,18)(H,13,19,20)/p+1/b7-6+;2-1+. The molecule has 4 aromatic heterocycles. The SMILES string of the molecule is C[N+](C)(C)CCCCn1cnc2c(NCCNC(=O)/C=C/c3cn(C4CC(O)C(CO)O4)c(=O)[nH]c3=O)ncnc21.O=C(O)/C=C/c1cn(C2CC(O)C(CO)O2)c(=O)[nH]c1=O. The van der Waals surface area contributed by atoms with Crippen LogP contribution in [0.5, 0.6) is 0 Å². The summed E-state index contributed by atoms with van der Waals surface area (Å²) in [6, 6.07) is 0. The van der Waals surface area contributed by atoms with E-state index in [0.29, 0.717) is 17.9 Å². The molecule has 0 aromatic carbocycles. The number of aryl methyl sites for hydroxylation is 1. The quantitative estimate of drug-likeness (QED) is 0.0297. The number of amides is 1. The maximum absolute atomic E-state index is 12.3. The number of anilines is 1. The van der Waals surface area contributed by atoms with E-state index in [9.17, 15) is 44.1 Å². The number of nitrogens with one attached hydrogen (secondary N) is 4. The van der Waals surface area contributed by atoms with Gasteiger partial charge in [0, 0.05) is 57.0 Å². The smallest absolute Gasteiger partial charge is 0.330 e. The number of hydrogen-bond donors (Lipinski definition) is 9. The molecular formula is C38H52N11O13+. The van der Waals surface area contributed by atoms with Crippen LogP contribution in [0.15, 0.2) is 56.4 Å². The van der Waals surface area contributed by atoms with Crippen molar-refractivity contribution in [3.63, 3.8) is 0 Å². The molecule has 2 aliphatic rings. The van der Waals surface area contributed by atoms with Crippen LogP contribution in [0, 0.1) is 0 Å². The van der Waals surface area contributed by atoms with Crippen LogP contribution in [0.2, 0.25) is 0 Å². The number of imidazole rings is 1. The molecule has 4 aromatic rings. The molecule has 0 aliphatic carbocycles. The number of aromatic amines is 2. The van der Waals surface area contributed by atoms with Crippen molar-refractivity contribution >= 4 is 41.0 Å². The maximum Gasteiger partial charge on any atom is 0.330 e. The van der Waals surface area contributed by atoms with E-state index in [1.807, 2.05) is 9.55 Å². The van der Waals surface area contributed by atoms with E-state index in [4.69, 9.17) is 19.7 Å². The number of aliphatic hydroxyl groups excluding tert-OH is 4. The van der Waals surface area contributed by atoms with Crippen molar-refractivity contribution in [1.29, 1.82) is 0 Å². The van der Waals surface area contributed by atoms with Crippen LogP contribution in [0.1, 0.15) is 49.3 Å². The van der Waals surface area contributed by atoms with Gasteiger partial charge in [0.1, 0.15) is 36.5 Å². The molecule has 9 N–H and O–H groups in total. The van der Waals surface area contributed by atoms with Crippen molar-refractivity contribution in [3.8, 4) is 0 Å². The fourth-order valence-corrected chi connectivity index (χ4v) is 6.56. The van der Waals surface area contributed by atoms with Crippen LogP contribution in [-0.2, 0) is 25.6 Å². The van der Waals surface area contributed by atoms with Crippen LogP contribution in [0.3, 0.4) is 0 Å². The van der Waals surface area contributed by atoms with Crippen LogP contribution in [0.25, 0.3) is 23.3 Å². The van der Waals surface area contributed by atoms with Gasteiger partial charge in [-0.25, -0.2) is 29.3 Å². The minimum Gasteiger partial charge on any atom is -0.478 e. The number of aliphatic hydroxyl groups is 4. The summed E-state index contributed by atoms with van der Waals surface area (Å²) >= 11 is 0. The molecule has 24 nitrogen and oxygen atoms in total. The molecule has 6 unspecified atom stereocenters. The van der Waals surface area contributed by atoms with Gasteiger partial charge in [0.25, 0.3) is 11.1 Å². The van der Waals surface area contributed by atoms with E-state index in [-0.39, 0.29) is 30.5 Å². The van der Waals surface area contributed by atoms with E-state index in [2.05, 4.69) is 51.7 Å². The monoisotopic (exact) mass is 870 g/mol. The van der Waals surface area contributed by atoms with Crippen molar-refractivity contribution in [2.45, 2.75) is 69.1 Å². The number of fused-ring (bicyclic) bond motifs is 1. The fourth-order valence-electron chi connectivity index (χ4n) is 6.56. The largest absolute Gasteiger partial charge is 0.478 e. The second-order valence-electron chi connectivity index (χ2n) is 15.5. The highest BCUT2D eigenvalue weighted by Gasteiger charge is 2.36. The van der Waals surface area contributed by atoms with Gasteiger partial charge in [-0.3, -0.25) is 33.5 Å². The molecule has 2 aliphatic heterocycles. The van der Waals surface area contributed by atoms with Crippen LogP contribution < -0.4 is 33.1 Å². The number of nitrogens with zero attached hydrogens (tertiary/aromatic N) is 7.